The van der Waals surface area contributed by atoms with Crippen LogP contribution in [0.15, 0.2) is 18.2 Å². The van der Waals surface area contributed by atoms with E-state index in [0.717, 1.165) is 25.7 Å². The van der Waals surface area contributed by atoms with Crippen LogP contribution in [0.4, 0.5) is 5.69 Å². The highest BCUT2D eigenvalue weighted by atomic mass is 16.4. The molecule has 5 nitrogen and oxygen atoms in total. The minimum absolute atomic E-state index is 0.144. The first-order valence-corrected chi connectivity index (χ1v) is 6.84. The Bertz CT molecular complexity index is 534. The lowest BCUT2D eigenvalue weighted by molar-refractivity contribution is -0.124. The smallest absolute Gasteiger partial charge is 0.338 e. The van der Waals surface area contributed by atoms with Crippen molar-refractivity contribution in [2.75, 3.05) is 11.9 Å². The van der Waals surface area contributed by atoms with Crippen molar-refractivity contribution in [2.24, 2.45) is 11.1 Å². The van der Waals surface area contributed by atoms with Crippen LogP contribution < -0.4 is 11.1 Å². The monoisotopic (exact) mass is 276 g/mol. The highest BCUT2D eigenvalue weighted by Crippen LogP contribution is 2.38. The molecule has 20 heavy (non-hydrogen) atoms. The Morgan fingerprint density at radius 3 is 2.55 bits per heavy atom. The number of benzene rings is 1. The number of anilines is 1. The quantitative estimate of drug-likeness (QED) is 0.785. The highest BCUT2D eigenvalue weighted by Gasteiger charge is 2.40. The lowest BCUT2D eigenvalue weighted by Gasteiger charge is -2.26. The van der Waals surface area contributed by atoms with Gasteiger partial charge in [0.2, 0.25) is 5.91 Å². The number of hydrogen-bond acceptors (Lipinski definition) is 3. The zero-order valence-electron chi connectivity index (χ0n) is 11.6. The molecule has 1 saturated carbocycles. The summed E-state index contributed by atoms with van der Waals surface area (Å²) in [6.07, 6.45) is 3.52. The van der Waals surface area contributed by atoms with Crippen LogP contribution in [0, 0.1) is 12.3 Å². The zero-order chi connectivity index (χ0) is 14.8. The SMILES string of the molecule is Cc1cccc(NC(=O)C2(CN)CCCC2)c1C(=O)O. The summed E-state index contributed by atoms with van der Waals surface area (Å²) in [5.41, 5.74) is 6.35. The average molecular weight is 276 g/mol. The number of nitrogens with two attached hydrogens (primary N) is 1. The topological polar surface area (TPSA) is 92.4 Å². The molecule has 0 heterocycles. The molecular weight excluding hydrogens is 256 g/mol. The molecule has 0 atom stereocenters. The standard InChI is InChI=1S/C15H20N2O3/c1-10-5-4-6-11(12(10)13(18)19)17-14(20)15(9-16)7-2-3-8-15/h4-6H,2-3,7-9,16H2,1H3,(H,17,20)(H,18,19). The van der Waals surface area contributed by atoms with E-state index in [9.17, 15) is 14.7 Å². The van der Waals surface area contributed by atoms with Crippen LogP contribution >= 0.6 is 0 Å². The van der Waals surface area contributed by atoms with Crippen molar-refractivity contribution in [3.63, 3.8) is 0 Å². The van der Waals surface area contributed by atoms with E-state index in [1.54, 1.807) is 25.1 Å². The molecule has 108 valence electrons. The van der Waals surface area contributed by atoms with Crippen molar-refractivity contribution >= 4 is 17.6 Å². The van der Waals surface area contributed by atoms with E-state index in [4.69, 9.17) is 5.73 Å². The molecular formula is C15H20N2O3. The maximum absolute atomic E-state index is 12.5. The minimum atomic E-state index is -1.04. The first kappa shape index (κ1) is 14.5. The Kier molecular flexibility index (Phi) is 4.09. The molecule has 0 aromatic heterocycles. The normalized spacial score (nSPS) is 16.9. The molecule has 1 aliphatic carbocycles. The summed E-state index contributed by atoms with van der Waals surface area (Å²) < 4.78 is 0. The second-order valence-electron chi connectivity index (χ2n) is 5.45. The van der Waals surface area contributed by atoms with Crippen molar-refractivity contribution in [1.82, 2.24) is 0 Å². The van der Waals surface area contributed by atoms with Crippen LogP contribution in [0.3, 0.4) is 0 Å². The number of hydrogen-bond donors (Lipinski definition) is 3. The molecule has 0 aliphatic heterocycles. The number of aromatic carboxylic acids is 1. The lowest BCUT2D eigenvalue weighted by Crippen LogP contribution is -2.40. The summed E-state index contributed by atoms with van der Waals surface area (Å²) in [7, 11) is 0. The van der Waals surface area contributed by atoms with Crippen LogP contribution in [-0.4, -0.2) is 23.5 Å². The Labute approximate surface area is 118 Å². The Balaban J connectivity index is 2.28. The number of carboxylic acids is 1. The molecule has 0 unspecified atom stereocenters. The fourth-order valence-electron chi connectivity index (χ4n) is 2.89. The Morgan fingerprint density at radius 2 is 2.00 bits per heavy atom. The zero-order valence-corrected chi connectivity index (χ0v) is 11.6. The molecule has 1 aromatic rings. The molecule has 1 amide bonds. The number of rotatable bonds is 4. The molecule has 5 heteroatoms. The van der Waals surface area contributed by atoms with Gasteiger partial charge in [-0.25, -0.2) is 4.79 Å². The summed E-state index contributed by atoms with van der Waals surface area (Å²) in [6.45, 7) is 2.01. The molecule has 0 radical (unpaired) electrons. The van der Waals surface area contributed by atoms with E-state index in [1.165, 1.54) is 0 Å². The summed E-state index contributed by atoms with van der Waals surface area (Å²) >= 11 is 0. The first-order chi connectivity index (χ1) is 9.50. The largest absolute Gasteiger partial charge is 0.478 e. The second-order valence-corrected chi connectivity index (χ2v) is 5.45. The van der Waals surface area contributed by atoms with Crippen LogP contribution in [0.5, 0.6) is 0 Å². The molecule has 2 rings (SSSR count). The number of aryl methyl sites for hydroxylation is 1. The third kappa shape index (κ3) is 2.54. The number of carbonyl (C=O) groups is 2. The van der Waals surface area contributed by atoms with Gasteiger partial charge < -0.3 is 16.2 Å². The van der Waals surface area contributed by atoms with Gasteiger partial charge in [0.25, 0.3) is 0 Å². The van der Waals surface area contributed by atoms with E-state index < -0.39 is 11.4 Å². The van der Waals surface area contributed by atoms with Gasteiger partial charge in [-0.2, -0.15) is 0 Å². The third-order valence-electron chi connectivity index (χ3n) is 4.17. The highest BCUT2D eigenvalue weighted by molar-refractivity contribution is 6.03. The van der Waals surface area contributed by atoms with Gasteiger partial charge in [0, 0.05) is 6.54 Å². The van der Waals surface area contributed by atoms with Crippen molar-refractivity contribution < 1.29 is 14.7 Å². The predicted molar refractivity (Wildman–Crippen MR) is 76.7 cm³/mol. The number of nitrogens with one attached hydrogen (secondary N) is 1. The molecule has 4 N–H and O–H groups in total. The van der Waals surface area contributed by atoms with Gasteiger partial charge >= 0.3 is 5.97 Å². The fourth-order valence-corrected chi connectivity index (χ4v) is 2.89. The maximum Gasteiger partial charge on any atom is 0.338 e. The average Bonchev–Trinajstić information content (AvgIpc) is 2.88. The Morgan fingerprint density at radius 1 is 1.35 bits per heavy atom. The second kappa shape index (κ2) is 5.63. The van der Waals surface area contributed by atoms with Crippen LogP contribution in [-0.2, 0) is 4.79 Å². The lowest BCUT2D eigenvalue weighted by atomic mass is 9.85. The van der Waals surface area contributed by atoms with Crippen molar-refractivity contribution in [3.05, 3.63) is 29.3 Å². The molecule has 1 aliphatic rings. The van der Waals surface area contributed by atoms with E-state index in [1.807, 2.05) is 0 Å². The molecule has 1 fully saturated rings. The van der Waals surface area contributed by atoms with Crippen molar-refractivity contribution in [3.8, 4) is 0 Å². The van der Waals surface area contributed by atoms with Gasteiger partial charge in [-0.1, -0.05) is 25.0 Å². The van der Waals surface area contributed by atoms with E-state index in [-0.39, 0.29) is 11.5 Å². The van der Waals surface area contributed by atoms with Gasteiger partial charge in [-0.05, 0) is 31.4 Å². The third-order valence-corrected chi connectivity index (χ3v) is 4.17. The summed E-state index contributed by atoms with van der Waals surface area (Å²) in [6, 6.07) is 5.07. The molecule has 1 aromatic carbocycles. The van der Waals surface area contributed by atoms with Gasteiger partial charge in [0.05, 0.1) is 16.7 Å². The maximum atomic E-state index is 12.5. The first-order valence-electron chi connectivity index (χ1n) is 6.84. The van der Waals surface area contributed by atoms with E-state index in [2.05, 4.69) is 5.32 Å². The number of carboxylic acid groups (broad SMARTS) is 1. The van der Waals surface area contributed by atoms with Gasteiger partial charge in [0.1, 0.15) is 0 Å². The van der Waals surface area contributed by atoms with Gasteiger partial charge in [-0.15, -0.1) is 0 Å². The molecule has 0 bridgehead atoms. The van der Waals surface area contributed by atoms with Crippen LogP contribution in [0.2, 0.25) is 0 Å². The minimum Gasteiger partial charge on any atom is -0.478 e. The van der Waals surface area contributed by atoms with Gasteiger partial charge in [0.15, 0.2) is 0 Å². The number of carbonyl (C=O) groups excluding carboxylic acids is 1. The molecule has 0 spiro atoms. The van der Waals surface area contributed by atoms with Crippen LogP contribution in [0.25, 0.3) is 0 Å². The predicted octanol–water partition coefficient (Wildman–Crippen LogP) is 2.15. The Hall–Kier alpha value is -1.88. The fraction of sp³-hybridized carbons (Fsp3) is 0.467. The van der Waals surface area contributed by atoms with Crippen molar-refractivity contribution in [1.29, 1.82) is 0 Å². The molecule has 0 saturated heterocycles. The van der Waals surface area contributed by atoms with Gasteiger partial charge in [-0.3, -0.25) is 4.79 Å². The number of amides is 1. The summed E-state index contributed by atoms with van der Waals surface area (Å²) in [5.74, 6) is -1.20. The van der Waals surface area contributed by atoms with Crippen molar-refractivity contribution in [2.45, 2.75) is 32.6 Å². The van der Waals surface area contributed by atoms with Crippen LogP contribution in [0.1, 0.15) is 41.6 Å². The summed E-state index contributed by atoms with van der Waals surface area (Å²) in [5, 5.41) is 12.0. The van der Waals surface area contributed by atoms with E-state index in [0.29, 0.717) is 17.8 Å². The van der Waals surface area contributed by atoms with E-state index >= 15 is 0 Å². The summed E-state index contributed by atoms with van der Waals surface area (Å²) in [4.78, 5) is 23.8.